The van der Waals surface area contributed by atoms with Crippen LogP contribution in [0.5, 0.6) is 0 Å². The smallest absolute Gasteiger partial charge is 0.462 e. The summed E-state index contributed by atoms with van der Waals surface area (Å²) in [6, 6.07) is 8.81. The topological polar surface area (TPSA) is 89.5 Å². The van der Waals surface area contributed by atoms with Gasteiger partial charge in [0.1, 0.15) is 5.60 Å². The number of carbonyl (C=O) groups is 2. The fourth-order valence-corrected chi connectivity index (χ4v) is 4.13. The zero-order valence-corrected chi connectivity index (χ0v) is 23.2. The third-order valence-corrected chi connectivity index (χ3v) is 6.78. The van der Waals surface area contributed by atoms with Crippen LogP contribution in [0.2, 0.25) is 0 Å². The quantitative estimate of drug-likeness (QED) is 0.321. The Hall–Kier alpha value is -2.20. The second-order valence-corrected chi connectivity index (χ2v) is 11.5. The van der Waals surface area contributed by atoms with E-state index in [1.807, 2.05) is 60.5 Å². The van der Waals surface area contributed by atoms with Gasteiger partial charge in [-0.05, 0) is 73.4 Å². The Bertz CT molecular complexity index is 929. The van der Waals surface area contributed by atoms with Gasteiger partial charge < -0.3 is 28.3 Å². The summed E-state index contributed by atoms with van der Waals surface area (Å²) in [5, 5.41) is 0. The van der Waals surface area contributed by atoms with E-state index in [1.165, 1.54) is 0 Å². The van der Waals surface area contributed by atoms with Gasteiger partial charge in [0, 0.05) is 6.42 Å². The molecule has 2 aliphatic heterocycles. The minimum absolute atomic E-state index is 0.0921. The maximum Gasteiger partial charge on any atom is 0.487 e. The number of hydrogen-bond donors (Lipinski definition) is 0. The van der Waals surface area contributed by atoms with Crippen LogP contribution in [0.4, 0.5) is 0 Å². The van der Waals surface area contributed by atoms with Crippen molar-refractivity contribution in [2.45, 2.75) is 90.8 Å². The number of esters is 2. The highest BCUT2D eigenvalue weighted by Crippen LogP contribution is 2.38. The number of hydrogen-bond acceptors (Lipinski definition) is 8. The number of ether oxygens (including phenoxy) is 4. The maximum absolute atomic E-state index is 13.4. The van der Waals surface area contributed by atoms with E-state index in [2.05, 4.69) is 0 Å². The normalized spacial score (nSPS) is 20.6. The Kier molecular flexibility index (Phi) is 9.61. The Morgan fingerprint density at radius 3 is 2.22 bits per heavy atom. The van der Waals surface area contributed by atoms with Crippen molar-refractivity contribution in [2.75, 3.05) is 19.8 Å². The first-order chi connectivity index (χ1) is 17.3. The Balaban J connectivity index is 1.82. The molecule has 204 valence electrons. The van der Waals surface area contributed by atoms with Crippen molar-refractivity contribution >= 4 is 19.1 Å². The SMILES string of the molecule is CC(C)(C)OC(=O)[C@@H](CCC1OCCO1)/C(=C/B1OC(C)(C)C(C)(C)O1)CCOC(=O)c1ccccc1. The van der Waals surface area contributed by atoms with E-state index in [9.17, 15) is 9.59 Å². The zero-order chi connectivity index (χ0) is 27.3. The molecule has 2 fully saturated rings. The van der Waals surface area contributed by atoms with Gasteiger partial charge in [-0.3, -0.25) is 4.79 Å². The Morgan fingerprint density at radius 2 is 1.65 bits per heavy atom. The lowest BCUT2D eigenvalue weighted by Gasteiger charge is -2.32. The van der Waals surface area contributed by atoms with Gasteiger partial charge in [0.15, 0.2) is 6.29 Å². The summed E-state index contributed by atoms with van der Waals surface area (Å²) in [4.78, 5) is 25.9. The molecule has 0 N–H and O–H groups in total. The van der Waals surface area contributed by atoms with Crippen molar-refractivity contribution in [3.8, 4) is 0 Å². The second kappa shape index (κ2) is 12.1. The molecule has 0 amide bonds. The monoisotopic (exact) mass is 516 g/mol. The van der Waals surface area contributed by atoms with Crippen LogP contribution >= 0.6 is 0 Å². The molecule has 2 saturated heterocycles. The third kappa shape index (κ3) is 8.40. The summed E-state index contributed by atoms with van der Waals surface area (Å²) in [6.45, 7) is 14.6. The zero-order valence-electron chi connectivity index (χ0n) is 23.2. The fourth-order valence-electron chi connectivity index (χ4n) is 4.13. The van der Waals surface area contributed by atoms with Crippen LogP contribution in [0.15, 0.2) is 41.9 Å². The molecular formula is C28H41BO8. The molecule has 0 bridgehead atoms. The van der Waals surface area contributed by atoms with E-state index < -0.39 is 35.8 Å². The average Bonchev–Trinajstić information content (AvgIpc) is 3.37. The minimum atomic E-state index is -0.662. The molecule has 0 unspecified atom stereocenters. The van der Waals surface area contributed by atoms with Crippen molar-refractivity contribution in [3.63, 3.8) is 0 Å². The molecule has 1 aromatic rings. The van der Waals surface area contributed by atoms with Crippen LogP contribution in [0, 0.1) is 5.92 Å². The fraction of sp³-hybridized carbons (Fsp3) is 0.643. The predicted molar refractivity (Wildman–Crippen MR) is 140 cm³/mol. The number of benzene rings is 1. The molecule has 0 aromatic heterocycles. The molecule has 8 nitrogen and oxygen atoms in total. The molecular weight excluding hydrogens is 475 g/mol. The molecule has 2 aliphatic rings. The van der Waals surface area contributed by atoms with E-state index in [1.54, 1.807) is 24.3 Å². The van der Waals surface area contributed by atoms with Crippen molar-refractivity contribution in [1.82, 2.24) is 0 Å². The summed E-state index contributed by atoms with van der Waals surface area (Å²) in [5.74, 6) is 0.443. The second-order valence-electron chi connectivity index (χ2n) is 11.5. The van der Waals surface area contributed by atoms with Gasteiger partial charge in [-0.2, -0.15) is 0 Å². The molecule has 37 heavy (non-hydrogen) atoms. The summed E-state index contributed by atoms with van der Waals surface area (Å²) in [7, 11) is -0.659. The summed E-state index contributed by atoms with van der Waals surface area (Å²) >= 11 is 0. The minimum Gasteiger partial charge on any atom is -0.462 e. The molecule has 0 saturated carbocycles. The highest BCUT2D eigenvalue weighted by molar-refractivity contribution is 6.51. The summed E-state index contributed by atoms with van der Waals surface area (Å²) < 4.78 is 34.9. The van der Waals surface area contributed by atoms with Crippen LogP contribution in [-0.4, -0.2) is 62.0 Å². The predicted octanol–water partition coefficient (Wildman–Crippen LogP) is 4.90. The Labute approximate surface area is 221 Å². The van der Waals surface area contributed by atoms with Gasteiger partial charge in [-0.15, -0.1) is 0 Å². The molecule has 0 spiro atoms. The molecule has 3 rings (SSSR count). The van der Waals surface area contributed by atoms with E-state index in [-0.39, 0.29) is 18.9 Å². The standard InChI is InChI=1S/C28H41BO8/c1-26(2,3)35-25(31)22(13-14-23-32-17-18-33-23)21(19-29-36-27(4,5)28(6,7)37-29)15-16-34-24(30)20-11-9-8-10-12-20/h8-12,19,22-23H,13-18H2,1-7H3/b21-19+/t22-/m0/s1. The van der Waals surface area contributed by atoms with Crippen LogP contribution in [0.25, 0.3) is 0 Å². The van der Waals surface area contributed by atoms with Crippen LogP contribution in [-0.2, 0) is 33.1 Å². The van der Waals surface area contributed by atoms with Crippen molar-refractivity contribution < 1.29 is 37.8 Å². The van der Waals surface area contributed by atoms with E-state index in [0.29, 0.717) is 38.0 Å². The highest BCUT2D eigenvalue weighted by atomic mass is 16.7. The van der Waals surface area contributed by atoms with E-state index in [4.69, 9.17) is 28.3 Å². The van der Waals surface area contributed by atoms with Crippen molar-refractivity contribution in [1.29, 1.82) is 0 Å². The molecule has 1 aromatic carbocycles. The van der Waals surface area contributed by atoms with E-state index >= 15 is 0 Å². The first kappa shape index (κ1) is 29.4. The first-order valence-corrected chi connectivity index (χ1v) is 13.0. The van der Waals surface area contributed by atoms with Gasteiger partial charge in [0.2, 0.25) is 0 Å². The van der Waals surface area contributed by atoms with E-state index in [0.717, 1.165) is 5.57 Å². The molecule has 9 heteroatoms. The lowest BCUT2D eigenvalue weighted by molar-refractivity contribution is -0.159. The van der Waals surface area contributed by atoms with Gasteiger partial charge in [0.05, 0.1) is 42.5 Å². The number of carbonyl (C=O) groups excluding carboxylic acids is 2. The van der Waals surface area contributed by atoms with Crippen LogP contribution < -0.4 is 0 Å². The lowest BCUT2D eigenvalue weighted by atomic mass is 9.80. The highest BCUT2D eigenvalue weighted by Gasteiger charge is 2.50. The largest absolute Gasteiger partial charge is 0.487 e. The van der Waals surface area contributed by atoms with Gasteiger partial charge in [-0.25, -0.2) is 4.79 Å². The van der Waals surface area contributed by atoms with Gasteiger partial charge >= 0.3 is 19.1 Å². The van der Waals surface area contributed by atoms with Crippen molar-refractivity contribution in [3.05, 3.63) is 47.4 Å². The van der Waals surface area contributed by atoms with Crippen LogP contribution in [0.1, 0.15) is 78.1 Å². The Morgan fingerprint density at radius 1 is 1.05 bits per heavy atom. The average molecular weight is 516 g/mol. The van der Waals surface area contributed by atoms with Gasteiger partial charge in [-0.1, -0.05) is 29.7 Å². The molecule has 0 aliphatic carbocycles. The molecule has 1 atom stereocenters. The lowest BCUT2D eigenvalue weighted by Crippen LogP contribution is -2.41. The van der Waals surface area contributed by atoms with Crippen molar-refractivity contribution in [2.24, 2.45) is 5.92 Å². The third-order valence-electron chi connectivity index (χ3n) is 6.78. The first-order valence-electron chi connectivity index (χ1n) is 13.0. The van der Waals surface area contributed by atoms with Crippen LogP contribution in [0.3, 0.4) is 0 Å². The number of rotatable bonds is 10. The van der Waals surface area contributed by atoms with Gasteiger partial charge in [0.25, 0.3) is 0 Å². The summed E-state index contributed by atoms with van der Waals surface area (Å²) in [5.41, 5.74) is -0.534. The molecule has 2 heterocycles. The molecule has 0 radical (unpaired) electrons. The summed E-state index contributed by atoms with van der Waals surface area (Å²) in [6.07, 6.45) is 0.921. The maximum atomic E-state index is 13.4.